The van der Waals surface area contributed by atoms with Crippen molar-refractivity contribution in [3.05, 3.63) is 64.2 Å². The SMILES string of the molecule is Cc1ccc(Cl)cc1NS(=O)(=O)Cc1ccccc1C#N. The van der Waals surface area contributed by atoms with Crippen LogP contribution in [-0.2, 0) is 15.8 Å². The van der Waals surface area contributed by atoms with Crippen LogP contribution in [0, 0.1) is 18.3 Å². The fourth-order valence-corrected chi connectivity index (χ4v) is 3.33. The van der Waals surface area contributed by atoms with E-state index in [0.717, 1.165) is 5.56 Å². The molecule has 2 aromatic rings. The molecule has 1 N–H and O–H groups in total. The van der Waals surface area contributed by atoms with Gasteiger partial charge in [0, 0.05) is 5.02 Å². The summed E-state index contributed by atoms with van der Waals surface area (Å²) in [5.74, 6) is -0.261. The number of halogens is 1. The van der Waals surface area contributed by atoms with Crippen LogP contribution >= 0.6 is 11.6 Å². The van der Waals surface area contributed by atoms with E-state index in [1.807, 2.05) is 6.07 Å². The van der Waals surface area contributed by atoms with E-state index in [4.69, 9.17) is 16.9 Å². The molecule has 0 bridgehead atoms. The number of hydrogen-bond donors (Lipinski definition) is 1. The minimum atomic E-state index is -3.62. The maximum absolute atomic E-state index is 12.2. The van der Waals surface area contributed by atoms with Gasteiger partial charge >= 0.3 is 0 Å². The van der Waals surface area contributed by atoms with Gasteiger partial charge in [-0.05, 0) is 36.2 Å². The van der Waals surface area contributed by atoms with Crippen molar-refractivity contribution in [2.45, 2.75) is 12.7 Å². The van der Waals surface area contributed by atoms with Crippen molar-refractivity contribution in [1.82, 2.24) is 0 Å². The molecule has 21 heavy (non-hydrogen) atoms. The van der Waals surface area contributed by atoms with Crippen molar-refractivity contribution in [3.63, 3.8) is 0 Å². The van der Waals surface area contributed by atoms with E-state index < -0.39 is 10.0 Å². The summed E-state index contributed by atoms with van der Waals surface area (Å²) >= 11 is 5.88. The molecule has 2 rings (SSSR count). The number of nitrogens with zero attached hydrogens (tertiary/aromatic N) is 1. The first-order valence-electron chi connectivity index (χ1n) is 6.16. The number of aryl methyl sites for hydroxylation is 1. The maximum Gasteiger partial charge on any atom is 0.236 e. The molecule has 0 aliphatic carbocycles. The van der Waals surface area contributed by atoms with Gasteiger partial charge in [-0.15, -0.1) is 0 Å². The number of benzene rings is 2. The summed E-state index contributed by atoms with van der Waals surface area (Å²) in [6, 6.07) is 13.6. The Morgan fingerprint density at radius 1 is 1.24 bits per heavy atom. The van der Waals surface area contributed by atoms with Crippen LogP contribution < -0.4 is 4.72 Å². The molecule has 0 saturated carbocycles. The molecule has 0 saturated heterocycles. The van der Waals surface area contributed by atoms with Gasteiger partial charge in [-0.25, -0.2) is 8.42 Å². The molecule has 0 spiro atoms. The number of sulfonamides is 1. The van der Waals surface area contributed by atoms with Gasteiger partial charge < -0.3 is 0 Å². The van der Waals surface area contributed by atoms with E-state index in [9.17, 15) is 8.42 Å². The second kappa shape index (κ2) is 6.17. The van der Waals surface area contributed by atoms with Crippen molar-refractivity contribution < 1.29 is 8.42 Å². The first-order chi connectivity index (χ1) is 9.91. The Kier molecular flexibility index (Phi) is 4.51. The second-order valence-corrected chi connectivity index (χ2v) is 6.75. The van der Waals surface area contributed by atoms with Crippen LogP contribution in [0.15, 0.2) is 42.5 Å². The van der Waals surface area contributed by atoms with E-state index in [1.165, 1.54) is 0 Å². The van der Waals surface area contributed by atoms with Crippen molar-refractivity contribution >= 4 is 27.3 Å². The molecule has 2 aromatic carbocycles. The van der Waals surface area contributed by atoms with E-state index in [2.05, 4.69) is 4.72 Å². The molecular formula is C15H13ClN2O2S. The predicted octanol–water partition coefficient (Wildman–Crippen LogP) is 3.46. The van der Waals surface area contributed by atoms with Gasteiger partial charge in [0.2, 0.25) is 10.0 Å². The normalized spacial score (nSPS) is 10.9. The Morgan fingerprint density at radius 2 is 1.95 bits per heavy atom. The van der Waals surface area contributed by atoms with E-state index >= 15 is 0 Å². The largest absolute Gasteiger partial charge is 0.283 e. The molecule has 0 unspecified atom stereocenters. The molecule has 0 atom stereocenters. The number of hydrogen-bond acceptors (Lipinski definition) is 3. The van der Waals surface area contributed by atoms with E-state index in [1.54, 1.807) is 49.4 Å². The molecule has 0 amide bonds. The minimum absolute atomic E-state index is 0.261. The quantitative estimate of drug-likeness (QED) is 0.937. The van der Waals surface area contributed by atoms with Gasteiger partial charge in [0.05, 0.1) is 23.1 Å². The summed E-state index contributed by atoms with van der Waals surface area (Å²) in [5, 5.41) is 9.46. The van der Waals surface area contributed by atoms with E-state index in [-0.39, 0.29) is 5.75 Å². The highest BCUT2D eigenvalue weighted by Gasteiger charge is 2.15. The summed E-state index contributed by atoms with van der Waals surface area (Å²) in [6.07, 6.45) is 0. The second-order valence-electron chi connectivity index (χ2n) is 4.59. The average molecular weight is 321 g/mol. The monoisotopic (exact) mass is 320 g/mol. The zero-order valence-corrected chi connectivity index (χ0v) is 12.9. The highest BCUT2D eigenvalue weighted by Crippen LogP contribution is 2.22. The Hall–Kier alpha value is -2.03. The number of nitriles is 1. The summed E-state index contributed by atoms with van der Waals surface area (Å²) in [5.41, 5.74) is 2.03. The zero-order chi connectivity index (χ0) is 15.5. The van der Waals surface area contributed by atoms with Crippen LogP contribution in [-0.4, -0.2) is 8.42 Å². The van der Waals surface area contributed by atoms with Gasteiger partial charge in [-0.1, -0.05) is 35.9 Å². The summed E-state index contributed by atoms with van der Waals surface area (Å²) in [7, 11) is -3.62. The fourth-order valence-electron chi connectivity index (χ4n) is 1.87. The lowest BCUT2D eigenvalue weighted by atomic mass is 10.1. The van der Waals surface area contributed by atoms with Crippen molar-refractivity contribution in [3.8, 4) is 6.07 Å². The smallest absolute Gasteiger partial charge is 0.236 e. The summed E-state index contributed by atoms with van der Waals surface area (Å²) in [4.78, 5) is 0. The van der Waals surface area contributed by atoms with Crippen LogP contribution in [0.4, 0.5) is 5.69 Å². The third-order valence-corrected chi connectivity index (χ3v) is 4.41. The molecule has 108 valence electrons. The Bertz CT molecular complexity index is 811. The number of anilines is 1. The Balaban J connectivity index is 2.27. The summed E-state index contributed by atoms with van der Waals surface area (Å²) in [6.45, 7) is 1.79. The fraction of sp³-hybridized carbons (Fsp3) is 0.133. The first kappa shape index (κ1) is 15.4. The molecular weight excluding hydrogens is 308 g/mol. The molecule has 0 heterocycles. The topological polar surface area (TPSA) is 70.0 Å². The lowest BCUT2D eigenvalue weighted by molar-refractivity contribution is 0.600. The standard InChI is InChI=1S/C15H13ClN2O2S/c1-11-6-7-14(16)8-15(11)18-21(19,20)10-13-5-3-2-4-12(13)9-17/h2-8,18H,10H2,1H3. The molecule has 0 aromatic heterocycles. The van der Waals surface area contributed by atoms with Crippen molar-refractivity contribution in [2.24, 2.45) is 0 Å². The molecule has 0 aliphatic heterocycles. The number of nitrogens with one attached hydrogen (secondary N) is 1. The molecule has 0 radical (unpaired) electrons. The van der Waals surface area contributed by atoms with Crippen LogP contribution in [0.5, 0.6) is 0 Å². The van der Waals surface area contributed by atoms with Crippen LogP contribution in [0.3, 0.4) is 0 Å². The Morgan fingerprint density at radius 3 is 2.67 bits per heavy atom. The van der Waals surface area contributed by atoms with Gasteiger partial charge in [-0.2, -0.15) is 5.26 Å². The Labute approximate surface area is 129 Å². The molecule has 6 heteroatoms. The molecule has 0 fully saturated rings. The van der Waals surface area contributed by atoms with Crippen LogP contribution in [0.2, 0.25) is 5.02 Å². The lowest BCUT2D eigenvalue weighted by Crippen LogP contribution is -2.16. The minimum Gasteiger partial charge on any atom is -0.283 e. The number of rotatable bonds is 4. The van der Waals surface area contributed by atoms with Gasteiger partial charge in [-0.3, -0.25) is 4.72 Å². The highest BCUT2D eigenvalue weighted by atomic mass is 35.5. The van der Waals surface area contributed by atoms with Gasteiger partial charge in [0.15, 0.2) is 0 Å². The van der Waals surface area contributed by atoms with Crippen LogP contribution in [0.25, 0.3) is 0 Å². The molecule has 4 nitrogen and oxygen atoms in total. The third kappa shape index (κ3) is 3.97. The van der Waals surface area contributed by atoms with Crippen molar-refractivity contribution in [1.29, 1.82) is 5.26 Å². The van der Waals surface area contributed by atoms with Gasteiger partial charge in [0.1, 0.15) is 0 Å². The predicted molar refractivity (Wildman–Crippen MR) is 83.6 cm³/mol. The highest BCUT2D eigenvalue weighted by molar-refractivity contribution is 7.91. The van der Waals surface area contributed by atoms with Crippen LogP contribution in [0.1, 0.15) is 16.7 Å². The van der Waals surface area contributed by atoms with Crippen molar-refractivity contribution in [2.75, 3.05) is 4.72 Å². The summed E-state index contributed by atoms with van der Waals surface area (Å²) < 4.78 is 27.0. The van der Waals surface area contributed by atoms with E-state index in [0.29, 0.717) is 21.8 Å². The van der Waals surface area contributed by atoms with Gasteiger partial charge in [0.25, 0.3) is 0 Å². The first-order valence-corrected chi connectivity index (χ1v) is 8.19. The third-order valence-electron chi connectivity index (χ3n) is 2.95. The molecule has 0 aliphatic rings. The maximum atomic E-state index is 12.2. The lowest BCUT2D eigenvalue weighted by Gasteiger charge is -2.11. The zero-order valence-electron chi connectivity index (χ0n) is 11.3. The average Bonchev–Trinajstić information content (AvgIpc) is 2.43.